The van der Waals surface area contributed by atoms with Crippen molar-refractivity contribution >= 4 is 5.91 Å². The molecule has 1 aliphatic rings. The van der Waals surface area contributed by atoms with Crippen LogP contribution in [0.5, 0.6) is 0 Å². The Morgan fingerprint density at radius 2 is 2.11 bits per heavy atom. The smallest absolute Gasteiger partial charge is 0.385 e. The predicted molar refractivity (Wildman–Crippen MR) is 64.7 cm³/mol. The van der Waals surface area contributed by atoms with E-state index in [1.54, 1.807) is 19.1 Å². The molecule has 0 bridgehead atoms. The van der Waals surface area contributed by atoms with Crippen molar-refractivity contribution < 1.29 is 22.7 Å². The molecular weight excluding hydrogens is 261 g/mol. The molecule has 1 aliphatic heterocycles. The van der Waals surface area contributed by atoms with Gasteiger partial charge in [0.15, 0.2) is 0 Å². The van der Waals surface area contributed by atoms with Crippen LogP contribution in [0.3, 0.4) is 0 Å². The summed E-state index contributed by atoms with van der Waals surface area (Å²) in [6.45, 7) is 0.936. The molecule has 1 heterocycles. The fourth-order valence-electron chi connectivity index (χ4n) is 2.17. The summed E-state index contributed by atoms with van der Waals surface area (Å²) in [5.41, 5.74) is 0. The third kappa shape index (κ3) is 4.99. The first-order chi connectivity index (χ1) is 8.86. The van der Waals surface area contributed by atoms with E-state index in [4.69, 9.17) is 4.74 Å². The maximum Gasteiger partial charge on any atom is 0.393 e. The number of likely N-dealkylation sites (N-methyl/N-ethyl adjacent to an activating group) is 1. The van der Waals surface area contributed by atoms with Crippen LogP contribution < -0.4 is 5.32 Å². The molecule has 0 radical (unpaired) electrons. The monoisotopic (exact) mass is 282 g/mol. The molecule has 4 nitrogen and oxygen atoms in total. The maximum absolute atomic E-state index is 12.5. The lowest BCUT2D eigenvalue weighted by Crippen LogP contribution is -2.51. The molecule has 7 heteroatoms. The minimum atomic E-state index is -4.18. The second kappa shape index (κ2) is 7.09. The van der Waals surface area contributed by atoms with Crippen LogP contribution in [0.1, 0.15) is 19.3 Å². The van der Waals surface area contributed by atoms with E-state index in [1.807, 2.05) is 0 Å². The summed E-state index contributed by atoms with van der Waals surface area (Å²) in [6, 6.07) is -0.494. The van der Waals surface area contributed by atoms with Gasteiger partial charge in [0.1, 0.15) is 0 Å². The second-order valence-electron chi connectivity index (χ2n) is 4.88. The number of hydrogen-bond acceptors (Lipinski definition) is 3. The molecule has 1 fully saturated rings. The third-order valence-corrected chi connectivity index (χ3v) is 3.39. The number of hydrogen-bond donors (Lipinski definition) is 1. The molecule has 0 aromatic carbocycles. The summed E-state index contributed by atoms with van der Waals surface area (Å²) >= 11 is 0. The van der Waals surface area contributed by atoms with Gasteiger partial charge >= 0.3 is 6.18 Å². The van der Waals surface area contributed by atoms with Crippen LogP contribution in [0, 0.1) is 5.92 Å². The zero-order valence-electron chi connectivity index (χ0n) is 11.3. The quantitative estimate of drug-likeness (QED) is 0.775. The molecule has 112 valence electrons. The molecule has 1 amide bonds. The van der Waals surface area contributed by atoms with Gasteiger partial charge in [0.05, 0.1) is 12.0 Å². The van der Waals surface area contributed by atoms with Gasteiger partial charge in [-0.25, -0.2) is 0 Å². The number of ether oxygens (including phenoxy) is 1. The number of piperidine rings is 1. The summed E-state index contributed by atoms with van der Waals surface area (Å²) in [5, 5.41) is 2.70. The second-order valence-corrected chi connectivity index (χ2v) is 4.88. The van der Waals surface area contributed by atoms with Gasteiger partial charge < -0.3 is 15.0 Å². The average Bonchev–Trinajstić information content (AvgIpc) is 2.37. The van der Waals surface area contributed by atoms with Crippen molar-refractivity contribution in [2.24, 2.45) is 5.92 Å². The van der Waals surface area contributed by atoms with E-state index < -0.39 is 18.1 Å². The van der Waals surface area contributed by atoms with Gasteiger partial charge in [-0.3, -0.25) is 4.79 Å². The van der Waals surface area contributed by atoms with Crippen molar-refractivity contribution in [3.63, 3.8) is 0 Å². The van der Waals surface area contributed by atoms with E-state index in [-0.39, 0.29) is 25.3 Å². The molecule has 2 atom stereocenters. The van der Waals surface area contributed by atoms with Crippen molar-refractivity contribution in [2.45, 2.75) is 31.5 Å². The van der Waals surface area contributed by atoms with Gasteiger partial charge in [-0.1, -0.05) is 0 Å². The van der Waals surface area contributed by atoms with Gasteiger partial charge in [0, 0.05) is 33.9 Å². The van der Waals surface area contributed by atoms with E-state index in [0.717, 1.165) is 6.42 Å². The molecular formula is C12H21F3N2O2. The summed E-state index contributed by atoms with van der Waals surface area (Å²) < 4.78 is 42.3. The summed E-state index contributed by atoms with van der Waals surface area (Å²) in [7, 11) is 3.25. The number of halogens is 3. The van der Waals surface area contributed by atoms with Crippen LogP contribution in [-0.2, 0) is 9.53 Å². The number of carbonyl (C=O) groups excluding carboxylic acids is 1. The summed E-state index contributed by atoms with van der Waals surface area (Å²) in [4.78, 5) is 13.5. The lowest BCUT2D eigenvalue weighted by atomic mass is 9.93. The predicted octanol–water partition coefficient (Wildman–Crippen LogP) is 1.41. The van der Waals surface area contributed by atoms with Gasteiger partial charge in [-0.15, -0.1) is 0 Å². The molecule has 0 aromatic heterocycles. The highest BCUT2D eigenvalue weighted by atomic mass is 19.4. The van der Waals surface area contributed by atoms with Crippen molar-refractivity contribution in [1.29, 1.82) is 0 Å². The van der Waals surface area contributed by atoms with E-state index >= 15 is 0 Å². The molecule has 0 aromatic rings. The lowest BCUT2D eigenvalue weighted by molar-refractivity contribution is -0.180. The average molecular weight is 282 g/mol. The third-order valence-electron chi connectivity index (χ3n) is 3.39. The number of nitrogens with one attached hydrogen (secondary N) is 1. The molecule has 1 saturated heterocycles. The Bertz CT molecular complexity index is 289. The minimum Gasteiger partial charge on any atom is -0.385 e. The Morgan fingerprint density at radius 3 is 2.58 bits per heavy atom. The largest absolute Gasteiger partial charge is 0.393 e. The Morgan fingerprint density at radius 1 is 1.42 bits per heavy atom. The van der Waals surface area contributed by atoms with Gasteiger partial charge in [0.25, 0.3) is 0 Å². The van der Waals surface area contributed by atoms with Crippen LogP contribution in [0.4, 0.5) is 13.2 Å². The highest BCUT2D eigenvalue weighted by Gasteiger charge is 2.42. The van der Waals surface area contributed by atoms with Gasteiger partial charge in [-0.2, -0.15) is 13.2 Å². The van der Waals surface area contributed by atoms with Crippen molar-refractivity contribution in [3.05, 3.63) is 0 Å². The van der Waals surface area contributed by atoms with Crippen LogP contribution in [0.25, 0.3) is 0 Å². The van der Waals surface area contributed by atoms with E-state index in [2.05, 4.69) is 5.32 Å². The SMILES string of the molecule is COCCCN(C)C(=O)C1CCC(C(F)(F)F)CN1. The summed E-state index contributed by atoms with van der Waals surface area (Å²) in [6.07, 6.45) is -3.21. The number of carbonyl (C=O) groups is 1. The number of alkyl halides is 3. The first-order valence-corrected chi connectivity index (χ1v) is 6.40. The number of methoxy groups -OCH3 is 1. The first-order valence-electron chi connectivity index (χ1n) is 6.40. The Balaban J connectivity index is 2.36. The summed E-state index contributed by atoms with van der Waals surface area (Å²) in [5.74, 6) is -1.48. The molecule has 0 aliphatic carbocycles. The van der Waals surface area contributed by atoms with Crippen molar-refractivity contribution in [2.75, 3.05) is 33.9 Å². The molecule has 0 spiro atoms. The molecule has 19 heavy (non-hydrogen) atoms. The lowest BCUT2D eigenvalue weighted by Gasteiger charge is -2.32. The van der Waals surface area contributed by atoms with Crippen LogP contribution in [0.2, 0.25) is 0 Å². The Hall–Kier alpha value is -0.820. The van der Waals surface area contributed by atoms with Crippen LogP contribution in [0.15, 0.2) is 0 Å². The Labute approximate surface area is 111 Å². The van der Waals surface area contributed by atoms with E-state index in [9.17, 15) is 18.0 Å². The van der Waals surface area contributed by atoms with Crippen LogP contribution >= 0.6 is 0 Å². The minimum absolute atomic E-state index is 0.0127. The van der Waals surface area contributed by atoms with E-state index in [0.29, 0.717) is 13.2 Å². The number of amides is 1. The van der Waals surface area contributed by atoms with Gasteiger partial charge in [0.2, 0.25) is 5.91 Å². The highest BCUT2D eigenvalue weighted by Crippen LogP contribution is 2.32. The standard InChI is InChI=1S/C12H21F3N2O2/c1-17(6-3-7-19-2)11(18)10-5-4-9(8-16-10)12(13,14)15/h9-10,16H,3-8H2,1-2H3. The van der Waals surface area contributed by atoms with E-state index in [1.165, 1.54) is 0 Å². The zero-order valence-corrected chi connectivity index (χ0v) is 11.3. The first kappa shape index (κ1) is 16.2. The normalized spacial score (nSPS) is 24.3. The van der Waals surface area contributed by atoms with Crippen molar-refractivity contribution in [1.82, 2.24) is 10.2 Å². The maximum atomic E-state index is 12.5. The number of nitrogens with zero attached hydrogens (tertiary/aromatic N) is 1. The molecule has 2 unspecified atom stereocenters. The zero-order chi connectivity index (χ0) is 14.5. The fraction of sp³-hybridized carbons (Fsp3) is 0.917. The van der Waals surface area contributed by atoms with Crippen LogP contribution in [-0.4, -0.2) is 56.9 Å². The Kier molecular flexibility index (Phi) is 6.06. The molecule has 0 saturated carbocycles. The topological polar surface area (TPSA) is 41.6 Å². The molecule has 1 N–H and O–H groups in total. The highest BCUT2D eigenvalue weighted by molar-refractivity contribution is 5.81. The fourth-order valence-corrected chi connectivity index (χ4v) is 2.17. The molecule has 1 rings (SSSR count). The van der Waals surface area contributed by atoms with Crippen molar-refractivity contribution in [3.8, 4) is 0 Å². The van der Waals surface area contributed by atoms with Gasteiger partial charge in [-0.05, 0) is 19.3 Å². The number of rotatable bonds is 5.